The van der Waals surface area contributed by atoms with Gasteiger partial charge in [-0.2, -0.15) is 16.8 Å². The largest absolute Gasteiger partial charge is 0.749 e. The Morgan fingerprint density at radius 2 is 2.20 bits per heavy atom. The molecule has 0 fully saturated rings. The third-order valence-electron chi connectivity index (χ3n) is 0.466. The van der Waals surface area contributed by atoms with Crippen molar-refractivity contribution in [3.8, 4) is 0 Å². The van der Waals surface area contributed by atoms with Crippen LogP contribution in [0.15, 0.2) is 0 Å². The lowest BCUT2D eigenvalue weighted by Crippen LogP contribution is -2.25. The van der Waals surface area contributed by atoms with Crippen LogP contribution >= 0.6 is 0 Å². The lowest BCUT2D eigenvalue weighted by atomic mass is 10.8. The fourth-order valence-electron chi connectivity index (χ4n) is 0.274. The zero-order chi connectivity index (χ0) is 8.20. The highest BCUT2D eigenvalue weighted by molar-refractivity contribution is 7.93. The molecule has 1 N–H and O–H groups in total. The van der Waals surface area contributed by atoms with Crippen molar-refractivity contribution in [2.24, 2.45) is 0 Å². The van der Waals surface area contributed by atoms with Crippen LogP contribution in [-0.2, 0) is 25.3 Å². The van der Waals surface area contributed by atoms with Crippen molar-refractivity contribution in [1.29, 1.82) is 0 Å². The van der Waals surface area contributed by atoms with Gasteiger partial charge in [0.1, 0.15) is 11.4 Å². The van der Waals surface area contributed by atoms with Gasteiger partial charge >= 0.3 is 10.3 Å². The van der Waals surface area contributed by atoms with Crippen LogP contribution in [-0.4, -0.2) is 23.7 Å². The third kappa shape index (κ3) is 4.82. The van der Waals surface area contributed by atoms with Gasteiger partial charge in [-0.25, -0.2) is 4.21 Å². The van der Waals surface area contributed by atoms with E-state index in [-0.39, 0.29) is 6.54 Å². The Hall–Kier alpha value is -0.0200. The van der Waals surface area contributed by atoms with Crippen LogP contribution < -0.4 is 4.72 Å². The van der Waals surface area contributed by atoms with Crippen molar-refractivity contribution in [2.45, 2.75) is 6.92 Å². The molecule has 0 saturated carbocycles. The molecule has 8 heteroatoms. The normalized spacial score (nSPS) is 15.0. The first-order valence-electron chi connectivity index (χ1n) is 2.26. The lowest BCUT2D eigenvalue weighted by molar-refractivity contribution is 0.423. The standard InChI is InChI=1S/C2H7NO5S2/c1-2-3-10(6,7)8-9(4)5/h3H,2H2,1H3,(H,4,5)/p-1. The average Bonchev–Trinajstić information content (AvgIpc) is 1.59. The third-order valence-corrected chi connectivity index (χ3v) is 2.27. The summed E-state index contributed by atoms with van der Waals surface area (Å²) in [5, 5.41) is 0. The Morgan fingerprint density at radius 3 is 2.50 bits per heavy atom. The van der Waals surface area contributed by atoms with E-state index in [1.165, 1.54) is 6.92 Å². The first-order chi connectivity index (χ1) is 4.48. The van der Waals surface area contributed by atoms with Crippen LogP contribution in [0.25, 0.3) is 0 Å². The molecule has 0 aromatic heterocycles. The van der Waals surface area contributed by atoms with E-state index >= 15 is 0 Å². The molecule has 0 heterocycles. The molecule has 0 aliphatic carbocycles. The Bertz CT molecular complexity index is 208. The maximum absolute atomic E-state index is 10.3. The molecular weight excluding hydrogens is 182 g/mol. The van der Waals surface area contributed by atoms with Gasteiger partial charge in [0.25, 0.3) is 0 Å². The second-order valence-corrected chi connectivity index (χ2v) is 3.37. The summed E-state index contributed by atoms with van der Waals surface area (Å²) in [6.07, 6.45) is 0. The molecule has 0 rings (SSSR count). The van der Waals surface area contributed by atoms with Gasteiger partial charge in [0, 0.05) is 6.54 Å². The highest BCUT2D eigenvalue weighted by atomic mass is 32.3. The van der Waals surface area contributed by atoms with Crippen LogP contribution in [0.3, 0.4) is 0 Å². The van der Waals surface area contributed by atoms with E-state index in [4.69, 9.17) is 0 Å². The first-order valence-corrected chi connectivity index (χ1v) is 4.67. The summed E-state index contributed by atoms with van der Waals surface area (Å²) in [5.41, 5.74) is 0. The first kappa shape index (κ1) is 9.98. The molecule has 10 heavy (non-hydrogen) atoms. The number of nitrogens with one attached hydrogen (secondary N) is 1. The topological polar surface area (TPSA) is 95.5 Å². The van der Waals surface area contributed by atoms with E-state index in [1.807, 2.05) is 4.72 Å². The van der Waals surface area contributed by atoms with Crippen LogP contribution in [0.5, 0.6) is 0 Å². The monoisotopic (exact) mass is 188 g/mol. The fraction of sp³-hybridized carbons (Fsp3) is 1.00. The summed E-state index contributed by atoms with van der Waals surface area (Å²) in [4.78, 5) is 0. The zero-order valence-electron chi connectivity index (χ0n) is 5.06. The molecule has 0 spiro atoms. The van der Waals surface area contributed by atoms with Gasteiger partial charge in [-0.15, -0.1) is 0 Å². The van der Waals surface area contributed by atoms with Gasteiger partial charge < -0.3 is 4.55 Å². The molecule has 62 valence electrons. The molecule has 0 aliphatic rings. The summed E-state index contributed by atoms with van der Waals surface area (Å²) in [7, 11) is -4.09. The summed E-state index contributed by atoms with van der Waals surface area (Å²) >= 11 is -3.04. The zero-order valence-corrected chi connectivity index (χ0v) is 6.70. The highest BCUT2D eigenvalue weighted by Gasteiger charge is 2.07. The van der Waals surface area contributed by atoms with Gasteiger partial charge in [0.05, 0.1) is 0 Å². The summed E-state index contributed by atoms with van der Waals surface area (Å²) in [6.45, 7) is 1.58. The Balaban J connectivity index is 4.02. The predicted octanol–water partition coefficient (Wildman–Crippen LogP) is -1.35. The molecule has 1 atom stereocenters. The summed E-state index contributed by atoms with van der Waals surface area (Å²) < 4.78 is 45.2. The quantitative estimate of drug-likeness (QED) is 0.550. The van der Waals surface area contributed by atoms with Gasteiger partial charge in [0.2, 0.25) is 0 Å². The minimum atomic E-state index is -4.09. The second-order valence-electron chi connectivity index (χ2n) is 1.22. The maximum Gasteiger partial charge on any atom is 0.347 e. The smallest absolute Gasteiger partial charge is 0.347 e. The molecule has 0 aliphatic heterocycles. The van der Waals surface area contributed by atoms with Crippen LogP contribution in [0, 0.1) is 0 Å². The molecule has 0 amide bonds. The molecule has 1 unspecified atom stereocenters. The molecule has 6 nitrogen and oxygen atoms in total. The number of rotatable bonds is 4. The van der Waals surface area contributed by atoms with Gasteiger partial charge in [0.15, 0.2) is 0 Å². The Kier molecular flexibility index (Phi) is 3.98. The second kappa shape index (κ2) is 3.98. The SMILES string of the molecule is CCNS(=O)(=O)OS(=O)[O-]. The van der Waals surface area contributed by atoms with Crippen LogP contribution in [0.1, 0.15) is 6.92 Å². The van der Waals surface area contributed by atoms with Crippen molar-refractivity contribution < 1.29 is 20.8 Å². The van der Waals surface area contributed by atoms with Crippen molar-refractivity contribution in [3.05, 3.63) is 0 Å². The van der Waals surface area contributed by atoms with Gasteiger partial charge in [-0.05, 0) is 0 Å². The fourth-order valence-corrected chi connectivity index (χ4v) is 1.41. The number of hydrogen-bond donors (Lipinski definition) is 1. The van der Waals surface area contributed by atoms with Crippen LogP contribution in [0.2, 0.25) is 0 Å². The molecule has 0 saturated heterocycles. The lowest BCUT2D eigenvalue weighted by Gasteiger charge is -2.04. The van der Waals surface area contributed by atoms with Gasteiger partial charge in [-0.3, -0.25) is 0 Å². The van der Waals surface area contributed by atoms with Crippen molar-refractivity contribution in [1.82, 2.24) is 4.72 Å². The molecular formula is C2H6NO5S2-. The van der Waals surface area contributed by atoms with Crippen molar-refractivity contribution in [2.75, 3.05) is 6.54 Å². The number of hydrogen-bond acceptors (Lipinski definition) is 5. The van der Waals surface area contributed by atoms with Gasteiger partial charge in [-0.1, -0.05) is 6.92 Å². The molecule has 0 aromatic carbocycles. The maximum atomic E-state index is 10.3. The van der Waals surface area contributed by atoms with E-state index in [0.29, 0.717) is 0 Å². The Morgan fingerprint density at radius 1 is 1.70 bits per heavy atom. The van der Waals surface area contributed by atoms with E-state index in [1.54, 1.807) is 0 Å². The average molecular weight is 188 g/mol. The minimum Gasteiger partial charge on any atom is -0.749 e. The van der Waals surface area contributed by atoms with E-state index in [2.05, 4.69) is 3.63 Å². The van der Waals surface area contributed by atoms with E-state index < -0.39 is 21.7 Å². The van der Waals surface area contributed by atoms with Crippen LogP contribution in [0.4, 0.5) is 0 Å². The van der Waals surface area contributed by atoms with Crippen molar-refractivity contribution in [3.63, 3.8) is 0 Å². The molecule has 0 bridgehead atoms. The minimum absolute atomic E-state index is 0.0829. The Labute approximate surface area is 61.3 Å². The summed E-state index contributed by atoms with van der Waals surface area (Å²) in [5.74, 6) is 0. The summed E-state index contributed by atoms with van der Waals surface area (Å²) in [6, 6.07) is 0. The predicted molar refractivity (Wildman–Crippen MR) is 32.6 cm³/mol. The highest BCUT2D eigenvalue weighted by Crippen LogP contribution is 1.88. The molecule has 0 aromatic rings. The van der Waals surface area contributed by atoms with E-state index in [9.17, 15) is 17.2 Å². The van der Waals surface area contributed by atoms with E-state index in [0.717, 1.165) is 0 Å². The molecule has 0 radical (unpaired) electrons. The van der Waals surface area contributed by atoms with Crippen molar-refractivity contribution >= 4 is 21.7 Å².